The maximum Gasteiger partial charge on any atom is 0.135 e. The minimum atomic E-state index is -0.166. The van der Waals surface area contributed by atoms with Crippen molar-refractivity contribution in [2.45, 2.75) is 18.9 Å². The highest BCUT2D eigenvalue weighted by atomic mass is 79.9. The summed E-state index contributed by atoms with van der Waals surface area (Å²) in [6.45, 7) is 0. The van der Waals surface area contributed by atoms with Crippen LogP contribution in [0.3, 0.4) is 0 Å². The van der Waals surface area contributed by atoms with Gasteiger partial charge in [0.25, 0.3) is 0 Å². The third kappa shape index (κ3) is 2.94. The smallest absolute Gasteiger partial charge is 0.135 e. The fourth-order valence-electron chi connectivity index (χ4n) is 2.72. The Kier molecular flexibility index (Phi) is 4.22. The summed E-state index contributed by atoms with van der Waals surface area (Å²) in [4.78, 5) is 0. The van der Waals surface area contributed by atoms with E-state index >= 15 is 0 Å². The van der Waals surface area contributed by atoms with Gasteiger partial charge in [-0.2, -0.15) is 0 Å². The van der Waals surface area contributed by atoms with E-state index in [0.29, 0.717) is 0 Å². The first-order valence-corrected chi connectivity index (χ1v) is 8.25. The lowest BCUT2D eigenvalue weighted by atomic mass is 10.1. The molecule has 110 valence electrons. The quantitative estimate of drug-likeness (QED) is 0.719. The fourth-order valence-corrected chi connectivity index (χ4v) is 3.99. The SMILES string of the molecule is COc1cc(NC2CCc3cc(F)ccc32)c(Br)cc1Br. The summed E-state index contributed by atoms with van der Waals surface area (Å²) in [7, 11) is 1.64. The zero-order valence-electron chi connectivity index (χ0n) is 11.4. The number of hydrogen-bond donors (Lipinski definition) is 1. The van der Waals surface area contributed by atoms with Crippen molar-refractivity contribution in [2.75, 3.05) is 12.4 Å². The van der Waals surface area contributed by atoms with Crippen LogP contribution < -0.4 is 10.1 Å². The standard InChI is InChI=1S/C16H14Br2FNO/c1-21-16-8-15(12(17)7-13(16)18)20-14-5-2-9-6-10(19)3-4-11(9)14/h3-4,6-8,14,20H,2,5H2,1H3. The van der Waals surface area contributed by atoms with Crippen LogP contribution in [0.25, 0.3) is 0 Å². The minimum absolute atomic E-state index is 0.166. The number of fused-ring (bicyclic) bond motifs is 1. The van der Waals surface area contributed by atoms with Gasteiger partial charge in [-0.1, -0.05) is 6.07 Å². The Morgan fingerprint density at radius 2 is 2.00 bits per heavy atom. The Balaban J connectivity index is 1.89. The molecule has 1 unspecified atom stereocenters. The van der Waals surface area contributed by atoms with Crippen molar-refractivity contribution >= 4 is 37.5 Å². The molecule has 0 amide bonds. The molecule has 0 bridgehead atoms. The van der Waals surface area contributed by atoms with Crippen LogP contribution in [0.15, 0.2) is 39.3 Å². The monoisotopic (exact) mass is 413 g/mol. The summed E-state index contributed by atoms with van der Waals surface area (Å²) in [5.74, 6) is 0.610. The lowest BCUT2D eigenvalue weighted by molar-refractivity contribution is 0.412. The van der Waals surface area contributed by atoms with E-state index < -0.39 is 0 Å². The lowest BCUT2D eigenvalue weighted by Gasteiger charge is -2.18. The molecule has 0 aromatic heterocycles. The van der Waals surface area contributed by atoms with Crippen LogP contribution in [0.2, 0.25) is 0 Å². The Morgan fingerprint density at radius 3 is 2.76 bits per heavy atom. The van der Waals surface area contributed by atoms with Crippen LogP contribution in [0.1, 0.15) is 23.6 Å². The second kappa shape index (κ2) is 5.97. The zero-order chi connectivity index (χ0) is 15.0. The molecule has 5 heteroatoms. The Hall–Kier alpha value is -1.07. The molecule has 1 aliphatic rings. The van der Waals surface area contributed by atoms with E-state index in [0.717, 1.165) is 38.8 Å². The number of aryl methyl sites for hydroxylation is 1. The van der Waals surface area contributed by atoms with Crippen LogP contribution in [-0.2, 0) is 6.42 Å². The van der Waals surface area contributed by atoms with Gasteiger partial charge in [-0.25, -0.2) is 4.39 Å². The molecular formula is C16H14Br2FNO. The van der Waals surface area contributed by atoms with Gasteiger partial charge in [0.2, 0.25) is 0 Å². The molecule has 0 radical (unpaired) electrons. The fraction of sp³-hybridized carbons (Fsp3) is 0.250. The van der Waals surface area contributed by atoms with Gasteiger partial charge < -0.3 is 10.1 Å². The third-order valence-electron chi connectivity index (χ3n) is 3.75. The van der Waals surface area contributed by atoms with Gasteiger partial charge >= 0.3 is 0 Å². The van der Waals surface area contributed by atoms with Crippen LogP contribution in [0.4, 0.5) is 10.1 Å². The number of halogens is 3. The Morgan fingerprint density at radius 1 is 1.19 bits per heavy atom. The van der Waals surface area contributed by atoms with Gasteiger partial charge in [-0.15, -0.1) is 0 Å². The molecule has 1 aliphatic carbocycles. The normalized spacial score (nSPS) is 16.7. The van der Waals surface area contributed by atoms with E-state index in [-0.39, 0.29) is 11.9 Å². The maximum atomic E-state index is 13.3. The number of anilines is 1. The summed E-state index contributed by atoms with van der Waals surface area (Å²) in [5.41, 5.74) is 3.23. The van der Waals surface area contributed by atoms with E-state index in [9.17, 15) is 4.39 Å². The van der Waals surface area contributed by atoms with Crippen molar-refractivity contribution in [2.24, 2.45) is 0 Å². The summed E-state index contributed by atoms with van der Waals surface area (Å²) in [6, 6.07) is 9.14. The Bertz CT molecular complexity index is 690. The third-order valence-corrected chi connectivity index (χ3v) is 5.03. The molecule has 0 saturated carbocycles. The van der Waals surface area contributed by atoms with Gasteiger partial charge in [-0.05, 0) is 74.0 Å². The predicted octanol–water partition coefficient (Wildman–Crippen LogP) is 5.46. The molecule has 3 rings (SSSR count). The van der Waals surface area contributed by atoms with Gasteiger partial charge in [0.1, 0.15) is 11.6 Å². The number of methoxy groups -OCH3 is 1. The first-order chi connectivity index (χ1) is 10.1. The molecule has 2 nitrogen and oxygen atoms in total. The summed E-state index contributed by atoms with van der Waals surface area (Å²) >= 11 is 7.02. The van der Waals surface area contributed by atoms with Crippen molar-refractivity contribution in [3.05, 3.63) is 56.2 Å². The van der Waals surface area contributed by atoms with Gasteiger partial charge in [-0.3, -0.25) is 0 Å². The highest BCUT2D eigenvalue weighted by Gasteiger charge is 2.23. The predicted molar refractivity (Wildman–Crippen MR) is 89.5 cm³/mol. The highest BCUT2D eigenvalue weighted by Crippen LogP contribution is 2.39. The van der Waals surface area contributed by atoms with Crippen molar-refractivity contribution < 1.29 is 9.13 Å². The van der Waals surface area contributed by atoms with Crippen molar-refractivity contribution in [3.8, 4) is 5.75 Å². The van der Waals surface area contributed by atoms with E-state index in [1.54, 1.807) is 13.2 Å². The van der Waals surface area contributed by atoms with Crippen LogP contribution >= 0.6 is 31.9 Å². The van der Waals surface area contributed by atoms with Crippen molar-refractivity contribution in [3.63, 3.8) is 0 Å². The van der Waals surface area contributed by atoms with Gasteiger partial charge in [0.15, 0.2) is 0 Å². The molecule has 0 fully saturated rings. The van der Waals surface area contributed by atoms with Crippen LogP contribution in [0.5, 0.6) is 5.75 Å². The van der Waals surface area contributed by atoms with Gasteiger partial charge in [0, 0.05) is 10.5 Å². The molecule has 1 atom stereocenters. The molecule has 2 aromatic carbocycles. The zero-order valence-corrected chi connectivity index (χ0v) is 14.6. The number of ether oxygens (including phenoxy) is 1. The molecule has 0 aliphatic heterocycles. The molecular weight excluding hydrogens is 401 g/mol. The number of nitrogens with one attached hydrogen (secondary N) is 1. The van der Waals surface area contributed by atoms with E-state index in [1.807, 2.05) is 18.2 Å². The topological polar surface area (TPSA) is 21.3 Å². The first kappa shape index (κ1) is 14.9. The molecule has 1 N–H and O–H groups in total. The van der Waals surface area contributed by atoms with Gasteiger partial charge in [0.05, 0.1) is 23.3 Å². The molecule has 0 heterocycles. The number of benzene rings is 2. The largest absolute Gasteiger partial charge is 0.495 e. The van der Waals surface area contributed by atoms with E-state index in [4.69, 9.17) is 4.74 Å². The molecule has 21 heavy (non-hydrogen) atoms. The first-order valence-electron chi connectivity index (χ1n) is 6.66. The van der Waals surface area contributed by atoms with E-state index in [1.165, 1.54) is 11.6 Å². The second-order valence-electron chi connectivity index (χ2n) is 5.05. The average Bonchev–Trinajstić information content (AvgIpc) is 2.84. The summed E-state index contributed by atoms with van der Waals surface area (Å²) in [5, 5.41) is 3.52. The van der Waals surface area contributed by atoms with E-state index in [2.05, 4.69) is 37.2 Å². The molecule has 0 spiro atoms. The Labute approximate surface area is 140 Å². The summed E-state index contributed by atoms with van der Waals surface area (Å²) < 4.78 is 20.5. The maximum absolute atomic E-state index is 13.3. The molecule has 2 aromatic rings. The second-order valence-corrected chi connectivity index (χ2v) is 6.75. The number of hydrogen-bond acceptors (Lipinski definition) is 2. The average molecular weight is 415 g/mol. The lowest BCUT2D eigenvalue weighted by Crippen LogP contribution is -2.08. The summed E-state index contributed by atoms with van der Waals surface area (Å²) in [6.07, 6.45) is 1.86. The van der Waals surface area contributed by atoms with Crippen molar-refractivity contribution in [1.82, 2.24) is 0 Å². The van der Waals surface area contributed by atoms with Crippen LogP contribution in [0, 0.1) is 5.82 Å². The highest BCUT2D eigenvalue weighted by molar-refractivity contribution is 9.11. The minimum Gasteiger partial charge on any atom is -0.495 e. The van der Waals surface area contributed by atoms with Crippen molar-refractivity contribution in [1.29, 1.82) is 0 Å². The number of rotatable bonds is 3. The van der Waals surface area contributed by atoms with Crippen LogP contribution in [-0.4, -0.2) is 7.11 Å². The molecule has 0 saturated heterocycles.